The number of benzene rings is 1. The van der Waals surface area contributed by atoms with E-state index < -0.39 is 30.1 Å². The van der Waals surface area contributed by atoms with Crippen LogP contribution in [0.2, 0.25) is 0 Å². The summed E-state index contributed by atoms with van der Waals surface area (Å²) in [6, 6.07) is 3.45. The minimum atomic E-state index is -5.07. The van der Waals surface area contributed by atoms with Crippen LogP contribution in [0.25, 0.3) is 0 Å². The highest BCUT2D eigenvalue weighted by Gasteiger charge is 2.39. The Balaban J connectivity index is 2.99. The summed E-state index contributed by atoms with van der Waals surface area (Å²) in [5, 5.41) is 8.82. The molecular formula is C12H9F3O4. The van der Waals surface area contributed by atoms with Crippen LogP contribution in [0.3, 0.4) is 0 Å². The number of rotatable bonds is 4. The fourth-order valence-electron chi connectivity index (χ4n) is 1.37. The Bertz CT molecular complexity index is 546. The van der Waals surface area contributed by atoms with Gasteiger partial charge < -0.3 is 5.11 Å². The molecule has 0 atom stereocenters. The lowest BCUT2D eigenvalue weighted by atomic mass is 10.00. The molecule has 0 heterocycles. The first-order chi connectivity index (χ1) is 8.62. The number of carbonyl (C=O) groups excluding carboxylic acids is 2. The van der Waals surface area contributed by atoms with Crippen molar-refractivity contribution < 1.29 is 32.7 Å². The van der Waals surface area contributed by atoms with E-state index in [0.29, 0.717) is 5.56 Å². The minimum Gasteiger partial charge on any atom is -0.478 e. The van der Waals surface area contributed by atoms with E-state index in [2.05, 4.69) is 0 Å². The number of carboxylic acids is 1. The molecule has 0 radical (unpaired) electrons. The zero-order valence-corrected chi connectivity index (χ0v) is 9.75. The predicted molar refractivity (Wildman–Crippen MR) is 58.1 cm³/mol. The molecular weight excluding hydrogens is 265 g/mol. The molecule has 0 spiro atoms. The summed E-state index contributed by atoms with van der Waals surface area (Å²) in [6.07, 6.45) is -6.40. The number of ketones is 2. The van der Waals surface area contributed by atoms with Crippen molar-refractivity contribution in [3.8, 4) is 0 Å². The van der Waals surface area contributed by atoms with Gasteiger partial charge in [-0.2, -0.15) is 13.2 Å². The average molecular weight is 274 g/mol. The summed E-state index contributed by atoms with van der Waals surface area (Å²) >= 11 is 0. The SMILES string of the molecule is Cc1ccc(C(=O)CC(=O)C(F)(F)F)cc1C(=O)O. The van der Waals surface area contributed by atoms with Crippen molar-refractivity contribution in [2.75, 3.05) is 0 Å². The number of aromatic carboxylic acids is 1. The number of halogens is 3. The summed E-state index contributed by atoms with van der Waals surface area (Å²) in [5.74, 6) is -4.52. The maximum atomic E-state index is 12.0. The third-order valence-corrected chi connectivity index (χ3v) is 2.43. The maximum absolute atomic E-state index is 12.0. The second-order valence-electron chi connectivity index (χ2n) is 3.86. The lowest BCUT2D eigenvalue weighted by molar-refractivity contribution is -0.170. The van der Waals surface area contributed by atoms with Crippen molar-refractivity contribution >= 4 is 17.5 Å². The first-order valence-electron chi connectivity index (χ1n) is 5.10. The Hall–Kier alpha value is -2.18. The van der Waals surface area contributed by atoms with Crippen LogP contribution >= 0.6 is 0 Å². The topological polar surface area (TPSA) is 71.4 Å². The van der Waals surface area contributed by atoms with Gasteiger partial charge in [-0.3, -0.25) is 9.59 Å². The summed E-state index contributed by atoms with van der Waals surface area (Å²) in [5.41, 5.74) is -0.0582. The molecule has 1 aromatic carbocycles. The van der Waals surface area contributed by atoms with Gasteiger partial charge in [0.2, 0.25) is 5.78 Å². The van der Waals surface area contributed by atoms with Crippen LogP contribution in [0.1, 0.15) is 32.7 Å². The fourth-order valence-corrected chi connectivity index (χ4v) is 1.37. The van der Waals surface area contributed by atoms with Gasteiger partial charge in [0.1, 0.15) is 0 Å². The molecule has 0 amide bonds. The van der Waals surface area contributed by atoms with Crippen LogP contribution in [-0.4, -0.2) is 28.8 Å². The predicted octanol–water partition coefficient (Wildman–Crippen LogP) is 2.40. The van der Waals surface area contributed by atoms with Crippen molar-refractivity contribution in [1.82, 2.24) is 0 Å². The van der Waals surface area contributed by atoms with E-state index in [1.807, 2.05) is 0 Å². The molecule has 1 aromatic rings. The van der Waals surface area contributed by atoms with E-state index in [0.717, 1.165) is 6.07 Å². The lowest BCUT2D eigenvalue weighted by Gasteiger charge is -2.06. The standard InChI is InChI=1S/C12H9F3O4/c1-6-2-3-7(4-8(6)11(18)19)9(16)5-10(17)12(13,14)15/h2-4H,5H2,1H3,(H,18,19). The number of carboxylic acid groups (broad SMARTS) is 1. The van der Waals surface area contributed by atoms with Crippen molar-refractivity contribution in [2.45, 2.75) is 19.5 Å². The largest absolute Gasteiger partial charge is 0.478 e. The molecule has 0 aliphatic rings. The van der Waals surface area contributed by atoms with E-state index in [4.69, 9.17) is 5.11 Å². The second kappa shape index (κ2) is 5.21. The molecule has 1 N–H and O–H groups in total. The summed E-state index contributed by atoms with van der Waals surface area (Å²) in [6.45, 7) is 1.48. The molecule has 0 aliphatic heterocycles. The molecule has 0 aliphatic carbocycles. The molecule has 4 nitrogen and oxygen atoms in total. The molecule has 19 heavy (non-hydrogen) atoms. The van der Waals surface area contributed by atoms with Crippen LogP contribution in [-0.2, 0) is 4.79 Å². The van der Waals surface area contributed by atoms with Crippen LogP contribution in [0.5, 0.6) is 0 Å². The summed E-state index contributed by atoms with van der Waals surface area (Å²) in [7, 11) is 0. The average Bonchev–Trinajstić information content (AvgIpc) is 2.27. The minimum absolute atomic E-state index is 0.190. The van der Waals surface area contributed by atoms with Crippen molar-refractivity contribution in [3.63, 3.8) is 0 Å². The summed E-state index contributed by atoms with van der Waals surface area (Å²) in [4.78, 5) is 33.0. The molecule has 7 heteroatoms. The molecule has 0 aromatic heterocycles. The van der Waals surface area contributed by atoms with Crippen LogP contribution in [0.15, 0.2) is 18.2 Å². The van der Waals surface area contributed by atoms with Gasteiger partial charge in [-0.15, -0.1) is 0 Å². The third-order valence-electron chi connectivity index (χ3n) is 2.43. The summed E-state index contributed by atoms with van der Waals surface area (Å²) < 4.78 is 36.0. The lowest BCUT2D eigenvalue weighted by Crippen LogP contribution is -2.25. The molecule has 1 rings (SSSR count). The number of aryl methyl sites for hydroxylation is 1. The highest BCUT2D eigenvalue weighted by Crippen LogP contribution is 2.20. The first kappa shape index (κ1) is 14.9. The Morgan fingerprint density at radius 1 is 1.21 bits per heavy atom. The van der Waals surface area contributed by atoms with Gasteiger partial charge in [0.25, 0.3) is 0 Å². The van der Waals surface area contributed by atoms with Gasteiger partial charge in [0.05, 0.1) is 12.0 Å². The van der Waals surface area contributed by atoms with E-state index in [1.54, 1.807) is 0 Å². The van der Waals surface area contributed by atoms with Gasteiger partial charge in [0.15, 0.2) is 5.78 Å². The maximum Gasteiger partial charge on any atom is 0.450 e. The van der Waals surface area contributed by atoms with Crippen molar-refractivity contribution in [1.29, 1.82) is 0 Å². The zero-order valence-electron chi connectivity index (χ0n) is 9.75. The van der Waals surface area contributed by atoms with Gasteiger partial charge in [-0.25, -0.2) is 4.79 Å². The monoisotopic (exact) mass is 274 g/mol. The highest BCUT2D eigenvalue weighted by molar-refractivity contribution is 6.10. The van der Waals surface area contributed by atoms with E-state index in [9.17, 15) is 27.6 Å². The Labute approximate surface area is 105 Å². The number of hydrogen-bond donors (Lipinski definition) is 1. The van der Waals surface area contributed by atoms with Crippen molar-refractivity contribution in [2.24, 2.45) is 0 Å². The fraction of sp³-hybridized carbons (Fsp3) is 0.250. The van der Waals surface area contributed by atoms with Gasteiger partial charge in [0, 0.05) is 5.56 Å². The van der Waals surface area contributed by atoms with Gasteiger partial charge in [-0.1, -0.05) is 12.1 Å². The smallest absolute Gasteiger partial charge is 0.450 e. The van der Waals surface area contributed by atoms with Gasteiger partial charge >= 0.3 is 12.1 Å². The molecule has 0 fully saturated rings. The number of hydrogen-bond acceptors (Lipinski definition) is 3. The Morgan fingerprint density at radius 3 is 2.26 bits per heavy atom. The quantitative estimate of drug-likeness (QED) is 0.676. The molecule has 0 saturated carbocycles. The normalized spacial score (nSPS) is 11.2. The molecule has 0 saturated heterocycles. The van der Waals surface area contributed by atoms with E-state index in [1.165, 1.54) is 19.1 Å². The zero-order chi connectivity index (χ0) is 14.8. The van der Waals surface area contributed by atoms with Crippen LogP contribution < -0.4 is 0 Å². The van der Waals surface area contributed by atoms with Crippen LogP contribution in [0, 0.1) is 6.92 Å². The van der Waals surface area contributed by atoms with E-state index in [-0.39, 0.29) is 11.1 Å². The Kier molecular flexibility index (Phi) is 4.08. The third kappa shape index (κ3) is 3.64. The molecule has 102 valence electrons. The van der Waals surface area contributed by atoms with Gasteiger partial charge in [-0.05, 0) is 18.6 Å². The molecule has 0 unspecified atom stereocenters. The Morgan fingerprint density at radius 2 is 1.79 bits per heavy atom. The molecule has 0 bridgehead atoms. The van der Waals surface area contributed by atoms with E-state index >= 15 is 0 Å². The first-order valence-corrected chi connectivity index (χ1v) is 5.10. The highest BCUT2D eigenvalue weighted by atomic mass is 19.4. The van der Waals surface area contributed by atoms with Crippen molar-refractivity contribution in [3.05, 3.63) is 34.9 Å². The van der Waals surface area contributed by atoms with Crippen LogP contribution in [0.4, 0.5) is 13.2 Å². The number of alkyl halides is 3. The second-order valence-corrected chi connectivity index (χ2v) is 3.86. The number of Topliss-reactive ketones (excluding diaryl/α,β-unsaturated/α-hetero) is 2. The number of carbonyl (C=O) groups is 3.